The molecule has 0 spiro atoms. The largest absolute Gasteiger partial charge is 0.377 e. The zero-order valence-corrected chi connectivity index (χ0v) is 10.4. The van der Waals surface area contributed by atoms with Gasteiger partial charge >= 0.3 is 0 Å². The molecular formula is C13H17FN2O2. The predicted octanol–water partition coefficient (Wildman–Crippen LogP) is 3.72. The Labute approximate surface area is 105 Å². The Morgan fingerprint density at radius 3 is 2.89 bits per heavy atom. The molecule has 5 heteroatoms. The molecule has 4 nitrogen and oxygen atoms in total. The van der Waals surface area contributed by atoms with Gasteiger partial charge < -0.3 is 5.32 Å². The van der Waals surface area contributed by atoms with E-state index in [1.54, 1.807) is 0 Å². The summed E-state index contributed by atoms with van der Waals surface area (Å²) in [5.74, 6) is 0.225. The number of benzene rings is 1. The van der Waals surface area contributed by atoms with Crippen molar-refractivity contribution in [3.05, 3.63) is 34.1 Å². The normalized spacial score (nSPS) is 23.0. The minimum Gasteiger partial charge on any atom is -0.377 e. The van der Waals surface area contributed by atoms with E-state index in [0.717, 1.165) is 31.7 Å². The van der Waals surface area contributed by atoms with E-state index in [-0.39, 0.29) is 11.7 Å². The molecular weight excluding hydrogens is 235 g/mol. The molecule has 0 saturated heterocycles. The molecule has 0 heterocycles. The van der Waals surface area contributed by atoms with E-state index in [2.05, 4.69) is 12.2 Å². The van der Waals surface area contributed by atoms with E-state index in [1.165, 1.54) is 12.1 Å². The number of halogens is 1. The minimum absolute atomic E-state index is 0.0589. The second kappa shape index (κ2) is 5.33. The second-order valence-electron chi connectivity index (χ2n) is 4.85. The average molecular weight is 252 g/mol. The molecule has 98 valence electrons. The molecule has 2 rings (SSSR count). The summed E-state index contributed by atoms with van der Waals surface area (Å²) in [6.45, 7) is 2.15. The SMILES string of the molecule is CCC1CCC(Nc2cc(F)ccc2[N+](=O)[O-])C1. The molecule has 0 radical (unpaired) electrons. The summed E-state index contributed by atoms with van der Waals surface area (Å²) < 4.78 is 13.2. The van der Waals surface area contributed by atoms with Crippen LogP contribution in [-0.2, 0) is 0 Å². The maximum Gasteiger partial charge on any atom is 0.292 e. The van der Waals surface area contributed by atoms with Crippen molar-refractivity contribution in [3.63, 3.8) is 0 Å². The fraction of sp³-hybridized carbons (Fsp3) is 0.538. The lowest BCUT2D eigenvalue weighted by Crippen LogP contribution is -2.16. The number of rotatable bonds is 4. The number of nitrogens with zero attached hydrogens (tertiary/aromatic N) is 1. The fourth-order valence-electron chi connectivity index (χ4n) is 2.58. The molecule has 1 N–H and O–H groups in total. The van der Waals surface area contributed by atoms with Gasteiger partial charge in [0.05, 0.1) is 4.92 Å². The van der Waals surface area contributed by atoms with Crippen LogP contribution in [0.3, 0.4) is 0 Å². The zero-order valence-electron chi connectivity index (χ0n) is 10.4. The third kappa shape index (κ3) is 2.78. The van der Waals surface area contributed by atoms with Crippen LogP contribution in [0.1, 0.15) is 32.6 Å². The van der Waals surface area contributed by atoms with E-state index in [9.17, 15) is 14.5 Å². The summed E-state index contributed by atoms with van der Waals surface area (Å²) in [6, 6.07) is 3.75. The van der Waals surface area contributed by atoms with Crippen molar-refractivity contribution in [3.8, 4) is 0 Å². The van der Waals surface area contributed by atoms with Gasteiger partial charge in [-0.2, -0.15) is 0 Å². The van der Waals surface area contributed by atoms with Crippen LogP contribution in [0.5, 0.6) is 0 Å². The molecule has 18 heavy (non-hydrogen) atoms. The molecule has 0 aromatic heterocycles. The molecule has 2 atom stereocenters. The summed E-state index contributed by atoms with van der Waals surface area (Å²) in [5.41, 5.74) is 0.234. The summed E-state index contributed by atoms with van der Waals surface area (Å²) in [4.78, 5) is 10.4. The van der Waals surface area contributed by atoms with Crippen LogP contribution < -0.4 is 5.32 Å². The number of hydrogen-bond donors (Lipinski definition) is 1. The third-order valence-corrected chi connectivity index (χ3v) is 3.63. The summed E-state index contributed by atoms with van der Waals surface area (Å²) in [6.07, 6.45) is 4.26. The zero-order chi connectivity index (χ0) is 13.1. The van der Waals surface area contributed by atoms with Crippen LogP contribution in [0.15, 0.2) is 18.2 Å². The Bertz CT molecular complexity index is 451. The first-order valence-corrected chi connectivity index (χ1v) is 6.30. The van der Waals surface area contributed by atoms with Gasteiger partial charge in [0.25, 0.3) is 5.69 Å². The lowest BCUT2D eigenvalue weighted by Gasteiger charge is -2.14. The van der Waals surface area contributed by atoms with Gasteiger partial charge in [0.15, 0.2) is 0 Å². The summed E-state index contributed by atoms with van der Waals surface area (Å²) in [5, 5.41) is 14.0. The van der Waals surface area contributed by atoms with Crippen molar-refractivity contribution in [1.82, 2.24) is 0 Å². The number of nitro groups is 1. The smallest absolute Gasteiger partial charge is 0.292 e. The summed E-state index contributed by atoms with van der Waals surface area (Å²) >= 11 is 0. The van der Waals surface area contributed by atoms with Crippen LogP contribution in [0.4, 0.5) is 15.8 Å². The first-order valence-electron chi connectivity index (χ1n) is 6.30. The Balaban J connectivity index is 2.13. The molecule has 1 fully saturated rings. The number of nitrogens with one attached hydrogen (secondary N) is 1. The van der Waals surface area contributed by atoms with E-state index in [1.807, 2.05) is 0 Å². The van der Waals surface area contributed by atoms with Crippen molar-refractivity contribution >= 4 is 11.4 Å². The molecule has 1 aromatic rings. The molecule has 0 bridgehead atoms. The van der Waals surface area contributed by atoms with Crippen LogP contribution in [0, 0.1) is 21.8 Å². The van der Waals surface area contributed by atoms with Crippen molar-refractivity contribution in [2.24, 2.45) is 5.92 Å². The average Bonchev–Trinajstić information content (AvgIpc) is 2.76. The highest BCUT2D eigenvalue weighted by atomic mass is 19.1. The highest BCUT2D eigenvalue weighted by Gasteiger charge is 2.25. The Morgan fingerprint density at radius 1 is 1.50 bits per heavy atom. The van der Waals surface area contributed by atoms with Crippen molar-refractivity contribution in [1.29, 1.82) is 0 Å². The Kier molecular flexibility index (Phi) is 3.79. The molecule has 2 unspecified atom stereocenters. The first-order chi connectivity index (χ1) is 8.60. The van der Waals surface area contributed by atoms with Crippen LogP contribution >= 0.6 is 0 Å². The third-order valence-electron chi connectivity index (χ3n) is 3.63. The predicted molar refractivity (Wildman–Crippen MR) is 68.1 cm³/mol. The molecule has 0 aliphatic heterocycles. The monoisotopic (exact) mass is 252 g/mol. The maximum absolute atomic E-state index is 13.2. The topological polar surface area (TPSA) is 55.2 Å². The minimum atomic E-state index is -0.478. The van der Waals surface area contributed by atoms with E-state index < -0.39 is 10.7 Å². The van der Waals surface area contributed by atoms with Gasteiger partial charge in [-0.05, 0) is 31.2 Å². The van der Waals surface area contributed by atoms with Gasteiger partial charge in [0.1, 0.15) is 11.5 Å². The van der Waals surface area contributed by atoms with Crippen LogP contribution in [0.2, 0.25) is 0 Å². The quantitative estimate of drug-likeness (QED) is 0.656. The molecule has 1 aliphatic carbocycles. The van der Waals surface area contributed by atoms with Gasteiger partial charge in [-0.1, -0.05) is 13.3 Å². The van der Waals surface area contributed by atoms with E-state index in [0.29, 0.717) is 11.6 Å². The Morgan fingerprint density at radius 2 is 2.28 bits per heavy atom. The lowest BCUT2D eigenvalue weighted by molar-refractivity contribution is -0.384. The first kappa shape index (κ1) is 12.8. The van der Waals surface area contributed by atoms with Gasteiger partial charge in [0.2, 0.25) is 0 Å². The molecule has 0 amide bonds. The van der Waals surface area contributed by atoms with Crippen molar-refractivity contribution in [2.75, 3.05) is 5.32 Å². The fourth-order valence-corrected chi connectivity index (χ4v) is 2.58. The van der Waals surface area contributed by atoms with Gasteiger partial charge in [0, 0.05) is 18.2 Å². The highest BCUT2D eigenvalue weighted by molar-refractivity contribution is 5.61. The Hall–Kier alpha value is -1.65. The molecule has 1 saturated carbocycles. The van der Waals surface area contributed by atoms with Crippen molar-refractivity contribution < 1.29 is 9.31 Å². The van der Waals surface area contributed by atoms with Crippen molar-refractivity contribution in [2.45, 2.75) is 38.6 Å². The van der Waals surface area contributed by atoms with Crippen LogP contribution in [0.25, 0.3) is 0 Å². The standard InChI is InChI=1S/C13H17FN2O2/c1-2-9-3-5-11(7-9)15-12-8-10(14)4-6-13(12)16(17)18/h4,6,8-9,11,15H,2-3,5,7H2,1H3. The lowest BCUT2D eigenvalue weighted by atomic mass is 10.1. The van der Waals surface area contributed by atoms with E-state index in [4.69, 9.17) is 0 Å². The van der Waals surface area contributed by atoms with Crippen LogP contribution in [-0.4, -0.2) is 11.0 Å². The van der Waals surface area contributed by atoms with E-state index >= 15 is 0 Å². The number of nitro benzene ring substituents is 1. The number of hydrogen-bond acceptors (Lipinski definition) is 3. The van der Waals surface area contributed by atoms with Gasteiger partial charge in [-0.3, -0.25) is 10.1 Å². The second-order valence-corrected chi connectivity index (χ2v) is 4.85. The molecule has 1 aromatic carbocycles. The van der Waals surface area contributed by atoms with Gasteiger partial charge in [-0.15, -0.1) is 0 Å². The van der Waals surface area contributed by atoms with Gasteiger partial charge in [-0.25, -0.2) is 4.39 Å². The highest BCUT2D eigenvalue weighted by Crippen LogP contribution is 2.33. The maximum atomic E-state index is 13.2. The molecule has 1 aliphatic rings. The summed E-state index contributed by atoms with van der Waals surface area (Å²) in [7, 11) is 0. The number of anilines is 1.